The van der Waals surface area contributed by atoms with Gasteiger partial charge >= 0.3 is 0 Å². The number of allylic oxidation sites excluding steroid dienone is 2. The molecule has 0 aromatic carbocycles. The molecule has 0 heterocycles. The van der Waals surface area contributed by atoms with Gasteiger partial charge in [0.05, 0.1) is 25.4 Å². The minimum atomic E-state index is -0.311. The maximum Gasteiger partial charge on any atom is 0.248 e. The van der Waals surface area contributed by atoms with Crippen molar-refractivity contribution < 1.29 is 38.1 Å². The van der Waals surface area contributed by atoms with Crippen molar-refractivity contribution in [2.45, 2.75) is 155 Å². The SMILES string of the molecule is CCOC(=C=O)CCCCCCCCCCN(C)C(=O)CO[C@H](C)[C@@H](C)OCC(=O)N(C)CCCCCCCCCCC(=C=O)OCC. The second-order valence-corrected chi connectivity index (χ2v) is 12.7. The molecule has 48 heavy (non-hydrogen) atoms. The standard InChI is InChI=1S/C38H68N2O8/c1-7-45-35(29-41)25-21-17-13-9-11-15-19-23-27-39(5)37(43)31-47-33(3)34(4)48-32-38(44)40(6)28-24-20-16-12-10-14-18-22-26-36(30-42)46-8-2/h33-34H,7-28,31-32H2,1-6H3/t33-,34-/m1/s1. The van der Waals surface area contributed by atoms with Gasteiger partial charge in [-0.25, -0.2) is 9.59 Å². The zero-order valence-electron chi connectivity index (χ0n) is 31.3. The molecule has 0 bridgehead atoms. The van der Waals surface area contributed by atoms with E-state index in [1.807, 2.05) is 53.7 Å². The summed E-state index contributed by atoms with van der Waals surface area (Å²) < 4.78 is 22.0. The van der Waals surface area contributed by atoms with Gasteiger partial charge in [-0.3, -0.25) is 9.59 Å². The minimum Gasteiger partial charge on any atom is -0.487 e. The molecular weight excluding hydrogens is 612 g/mol. The summed E-state index contributed by atoms with van der Waals surface area (Å²) in [6.45, 7) is 9.91. The first kappa shape index (κ1) is 45.4. The summed E-state index contributed by atoms with van der Waals surface area (Å²) in [6, 6.07) is 0. The highest BCUT2D eigenvalue weighted by molar-refractivity contribution is 5.77. The van der Waals surface area contributed by atoms with E-state index in [9.17, 15) is 19.2 Å². The fourth-order valence-electron chi connectivity index (χ4n) is 5.19. The van der Waals surface area contributed by atoms with Crippen LogP contribution in [0.25, 0.3) is 0 Å². The normalized spacial score (nSPS) is 12.0. The van der Waals surface area contributed by atoms with Crippen molar-refractivity contribution in [3.8, 4) is 0 Å². The predicted molar refractivity (Wildman–Crippen MR) is 191 cm³/mol. The van der Waals surface area contributed by atoms with Crippen LogP contribution in [0.4, 0.5) is 0 Å². The Morgan fingerprint density at radius 2 is 0.812 bits per heavy atom. The van der Waals surface area contributed by atoms with E-state index in [2.05, 4.69) is 0 Å². The van der Waals surface area contributed by atoms with Crippen LogP contribution in [-0.4, -0.2) is 99.3 Å². The molecule has 0 rings (SSSR count). The lowest BCUT2D eigenvalue weighted by Crippen LogP contribution is -2.37. The van der Waals surface area contributed by atoms with Crippen molar-refractivity contribution in [1.82, 2.24) is 9.80 Å². The number of amides is 2. The number of hydrogen-bond donors (Lipinski definition) is 0. The van der Waals surface area contributed by atoms with Crippen LogP contribution in [0.3, 0.4) is 0 Å². The molecular formula is C38H68N2O8. The van der Waals surface area contributed by atoms with Crippen LogP contribution >= 0.6 is 0 Å². The molecule has 10 heteroatoms. The monoisotopic (exact) mass is 680 g/mol. The summed E-state index contributed by atoms with van der Waals surface area (Å²) in [6.07, 6.45) is 18.3. The van der Waals surface area contributed by atoms with Crippen LogP contribution in [0.1, 0.15) is 143 Å². The van der Waals surface area contributed by atoms with Gasteiger partial charge in [0.15, 0.2) is 23.4 Å². The molecule has 0 unspecified atom stereocenters. The largest absolute Gasteiger partial charge is 0.487 e. The summed E-state index contributed by atoms with van der Waals surface area (Å²) in [4.78, 5) is 50.0. The molecule has 0 N–H and O–H groups in total. The Morgan fingerprint density at radius 3 is 1.10 bits per heavy atom. The highest BCUT2D eigenvalue weighted by Gasteiger charge is 2.19. The summed E-state index contributed by atoms with van der Waals surface area (Å²) >= 11 is 0. The van der Waals surface area contributed by atoms with E-state index in [0.717, 1.165) is 77.0 Å². The smallest absolute Gasteiger partial charge is 0.248 e. The molecule has 0 saturated carbocycles. The molecule has 0 aromatic heterocycles. The van der Waals surface area contributed by atoms with Gasteiger partial charge in [0.1, 0.15) is 13.2 Å². The van der Waals surface area contributed by atoms with Crippen LogP contribution in [0, 0.1) is 0 Å². The van der Waals surface area contributed by atoms with Crippen molar-refractivity contribution in [2.24, 2.45) is 0 Å². The van der Waals surface area contributed by atoms with Crippen molar-refractivity contribution in [2.75, 3.05) is 53.6 Å². The Kier molecular flexibility index (Phi) is 29.9. The molecule has 10 nitrogen and oxygen atoms in total. The zero-order valence-corrected chi connectivity index (χ0v) is 31.3. The third-order valence-corrected chi connectivity index (χ3v) is 8.61. The van der Waals surface area contributed by atoms with Crippen LogP contribution in [0.15, 0.2) is 11.5 Å². The molecule has 2 atom stereocenters. The Bertz CT molecular complexity index is 856. The summed E-state index contributed by atoms with van der Waals surface area (Å²) in [7, 11) is 3.62. The van der Waals surface area contributed by atoms with E-state index in [1.165, 1.54) is 25.7 Å². The maximum absolute atomic E-state index is 12.5. The number of hydrogen-bond acceptors (Lipinski definition) is 8. The second-order valence-electron chi connectivity index (χ2n) is 12.7. The van der Waals surface area contributed by atoms with Gasteiger partial charge in [0.25, 0.3) is 0 Å². The number of rotatable bonds is 33. The van der Waals surface area contributed by atoms with Crippen LogP contribution in [-0.2, 0) is 38.1 Å². The average molecular weight is 681 g/mol. The fourth-order valence-corrected chi connectivity index (χ4v) is 5.19. The van der Waals surface area contributed by atoms with E-state index in [1.54, 1.807) is 9.80 Å². The van der Waals surface area contributed by atoms with Gasteiger partial charge in [0.2, 0.25) is 11.8 Å². The molecule has 278 valence electrons. The maximum atomic E-state index is 12.5. The van der Waals surface area contributed by atoms with Gasteiger partial charge in [-0.1, -0.05) is 77.0 Å². The van der Waals surface area contributed by atoms with E-state index < -0.39 is 0 Å². The summed E-state index contributed by atoms with van der Waals surface area (Å²) in [5, 5.41) is 0. The van der Waals surface area contributed by atoms with E-state index >= 15 is 0 Å². The molecule has 2 amide bonds. The Balaban J connectivity index is 3.84. The van der Waals surface area contributed by atoms with Gasteiger partial charge in [-0.15, -0.1) is 0 Å². The zero-order chi connectivity index (χ0) is 35.8. The molecule has 0 aromatic rings. The van der Waals surface area contributed by atoms with Crippen molar-refractivity contribution in [3.63, 3.8) is 0 Å². The first-order chi connectivity index (χ1) is 23.2. The number of carbonyl (C=O) groups is 2. The topological polar surface area (TPSA) is 112 Å². The minimum absolute atomic E-state index is 0.00409. The van der Waals surface area contributed by atoms with Crippen LogP contribution in [0.5, 0.6) is 0 Å². The van der Waals surface area contributed by atoms with Crippen LogP contribution < -0.4 is 0 Å². The number of unbranched alkanes of at least 4 members (excludes halogenated alkanes) is 14. The summed E-state index contributed by atoms with van der Waals surface area (Å²) in [5.74, 6) is 4.52. The molecule has 0 aliphatic rings. The van der Waals surface area contributed by atoms with Crippen molar-refractivity contribution in [3.05, 3.63) is 11.5 Å². The number of ether oxygens (including phenoxy) is 4. The first-order valence-electron chi connectivity index (χ1n) is 18.6. The lowest BCUT2D eigenvalue weighted by molar-refractivity contribution is -0.145. The van der Waals surface area contributed by atoms with Crippen molar-refractivity contribution in [1.29, 1.82) is 0 Å². The predicted octanol–water partition coefficient (Wildman–Crippen LogP) is 7.24. The quantitative estimate of drug-likeness (QED) is 0.0405. The first-order valence-corrected chi connectivity index (χ1v) is 18.6. The molecule has 0 aliphatic heterocycles. The Morgan fingerprint density at radius 1 is 0.521 bits per heavy atom. The Hall–Kier alpha value is -2.64. The second kappa shape index (κ2) is 31.6. The van der Waals surface area contributed by atoms with Gasteiger partial charge in [-0.05, 0) is 53.4 Å². The van der Waals surface area contributed by atoms with Gasteiger partial charge < -0.3 is 28.7 Å². The fraction of sp³-hybridized carbons (Fsp3) is 0.842. The molecule has 0 spiro atoms. The summed E-state index contributed by atoms with van der Waals surface area (Å²) in [5.41, 5.74) is 0. The third kappa shape index (κ3) is 25.4. The lowest BCUT2D eigenvalue weighted by Gasteiger charge is -2.24. The van der Waals surface area contributed by atoms with E-state index in [4.69, 9.17) is 18.9 Å². The van der Waals surface area contributed by atoms with Crippen molar-refractivity contribution >= 4 is 23.7 Å². The molecule has 0 fully saturated rings. The highest BCUT2D eigenvalue weighted by Crippen LogP contribution is 2.14. The van der Waals surface area contributed by atoms with E-state index in [-0.39, 0.29) is 37.2 Å². The number of carbonyl (C=O) groups excluding carboxylic acids is 4. The number of likely N-dealkylation sites (N-methyl/N-ethyl adjacent to an activating group) is 2. The van der Waals surface area contributed by atoms with Crippen LogP contribution in [0.2, 0.25) is 0 Å². The lowest BCUT2D eigenvalue weighted by atomic mass is 10.1. The Labute approximate surface area is 291 Å². The molecule has 0 saturated heterocycles. The number of nitrogens with zero attached hydrogens (tertiary/aromatic N) is 2. The van der Waals surface area contributed by atoms with E-state index in [0.29, 0.717) is 50.7 Å². The molecule has 0 aliphatic carbocycles. The van der Waals surface area contributed by atoms with Gasteiger partial charge in [0, 0.05) is 40.0 Å². The van der Waals surface area contributed by atoms with Gasteiger partial charge in [-0.2, -0.15) is 0 Å². The highest BCUT2D eigenvalue weighted by atomic mass is 16.5. The third-order valence-electron chi connectivity index (χ3n) is 8.61. The average Bonchev–Trinajstić information content (AvgIpc) is 3.09. The molecule has 0 radical (unpaired) electrons.